The molecule has 1 aliphatic rings. The highest BCUT2D eigenvalue weighted by Crippen LogP contribution is 2.32. The van der Waals surface area contributed by atoms with Gasteiger partial charge >= 0.3 is 5.97 Å². The first-order chi connectivity index (χ1) is 8.97. The van der Waals surface area contributed by atoms with Gasteiger partial charge < -0.3 is 10.4 Å². The van der Waals surface area contributed by atoms with E-state index in [1.54, 1.807) is 6.07 Å². The summed E-state index contributed by atoms with van der Waals surface area (Å²) in [4.78, 5) is 21.0. The minimum Gasteiger partial charge on any atom is -0.481 e. The first kappa shape index (κ1) is 13.8. The maximum Gasteiger partial charge on any atom is 0.306 e. The van der Waals surface area contributed by atoms with Crippen LogP contribution in [0.3, 0.4) is 0 Å². The molecule has 0 bridgehead atoms. The normalized spacial score (nSPS) is 22.2. The molecule has 0 radical (unpaired) electrons. The molecule has 1 aromatic carbocycles. The Morgan fingerprint density at radius 3 is 2.74 bits per heavy atom. The molecule has 2 unspecified atom stereocenters. The molecule has 2 N–H and O–H groups in total. The third kappa shape index (κ3) is 3.23. The summed E-state index contributed by atoms with van der Waals surface area (Å²) in [5, 5.41) is 22.8. The second-order valence-electron chi connectivity index (χ2n) is 4.61. The molecule has 0 saturated heterocycles. The smallest absolute Gasteiger partial charge is 0.306 e. The zero-order valence-corrected chi connectivity index (χ0v) is 11.6. The molecule has 19 heavy (non-hydrogen) atoms. The van der Waals surface area contributed by atoms with Crippen molar-refractivity contribution in [2.45, 2.75) is 25.3 Å². The fourth-order valence-corrected chi connectivity index (χ4v) is 2.77. The first-order valence-electron chi connectivity index (χ1n) is 5.90. The molecule has 6 nitrogen and oxygen atoms in total. The lowest BCUT2D eigenvalue weighted by atomic mass is 10.1. The summed E-state index contributed by atoms with van der Waals surface area (Å²) < 4.78 is 0.612. The molecule has 0 aromatic heterocycles. The van der Waals surface area contributed by atoms with Gasteiger partial charge in [0.1, 0.15) is 0 Å². The summed E-state index contributed by atoms with van der Waals surface area (Å²) in [6.07, 6.45) is 2.04. The van der Waals surface area contributed by atoms with E-state index in [-0.39, 0.29) is 17.6 Å². The molecular weight excluding hydrogens is 316 g/mol. The van der Waals surface area contributed by atoms with Gasteiger partial charge in [0.25, 0.3) is 5.69 Å². The fourth-order valence-electron chi connectivity index (χ4n) is 2.29. The zero-order chi connectivity index (χ0) is 14.0. The number of nitro groups is 1. The van der Waals surface area contributed by atoms with Gasteiger partial charge in [-0.25, -0.2) is 0 Å². The molecule has 0 heterocycles. The number of carboxylic acid groups (broad SMARTS) is 1. The summed E-state index contributed by atoms with van der Waals surface area (Å²) >= 11 is 3.28. The van der Waals surface area contributed by atoms with Crippen LogP contribution in [0, 0.1) is 16.0 Å². The number of carbonyl (C=O) groups is 1. The van der Waals surface area contributed by atoms with Crippen molar-refractivity contribution < 1.29 is 14.8 Å². The highest BCUT2D eigenvalue weighted by atomic mass is 79.9. The van der Waals surface area contributed by atoms with Crippen molar-refractivity contribution in [2.24, 2.45) is 5.92 Å². The fraction of sp³-hybridized carbons (Fsp3) is 0.417. The van der Waals surface area contributed by atoms with Crippen LogP contribution in [0.4, 0.5) is 11.4 Å². The highest BCUT2D eigenvalue weighted by Gasteiger charge is 2.29. The third-order valence-corrected chi connectivity index (χ3v) is 3.96. The summed E-state index contributed by atoms with van der Waals surface area (Å²) in [6, 6.07) is 4.60. The van der Waals surface area contributed by atoms with Crippen LogP contribution in [0.2, 0.25) is 0 Å². The van der Waals surface area contributed by atoms with E-state index in [0.717, 1.165) is 12.1 Å². The van der Waals surface area contributed by atoms with Crippen molar-refractivity contribution >= 4 is 33.3 Å². The predicted octanol–water partition coefficient (Wildman–Crippen LogP) is 3.02. The van der Waals surface area contributed by atoms with E-state index in [0.29, 0.717) is 17.3 Å². The quantitative estimate of drug-likeness (QED) is 0.654. The van der Waals surface area contributed by atoms with Crippen LogP contribution in [0.15, 0.2) is 22.7 Å². The van der Waals surface area contributed by atoms with Crippen molar-refractivity contribution in [3.05, 3.63) is 32.8 Å². The molecular formula is C12H13BrN2O4. The van der Waals surface area contributed by atoms with Gasteiger partial charge in [-0.15, -0.1) is 0 Å². The van der Waals surface area contributed by atoms with Gasteiger partial charge in [0.15, 0.2) is 0 Å². The van der Waals surface area contributed by atoms with Crippen LogP contribution in [0.25, 0.3) is 0 Å². The van der Waals surface area contributed by atoms with Crippen molar-refractivity contribution in [3.63, 3.8) is 0 Å². The van der Waals surface area contributed by atoms with Crippen molar-refractivity contribution in [2.75, 3.05) is 5.32 Å². The predicted molar refractivity (Wildman–Crippen MR) is 73.2 cm³/mol. The van der Waals surface area contributed by atoms with Crippen LogP contribution in [0.5, 0.6) is 0 Å². The standard InChI is InChI=1S/C12H13BrN2O4/c13-10-6-9(15(18)19)3-4-11(10)14-8-2-1-7(5-8)12(16)17/h3-4,6-8,14H,1-2,5H2,(H,16,17). The Kier molecular flexibility index (Phi) is 4.04. The topological polar surface area (TPSA) is 92.5 Å². The molecule has 1 fully saturated rings. The molecule has 1 aromatic rings. The largest absolute Gasteiger partial charge is 0.481 e. The Labute approximate surface area is 118 Å². The molecule has 102 valence electrons. The molecule has 2 atom stereocenters. The van der Waals surface area contributed by atoms with E-state index >= 15 is 0 Å². The van der Waals surface area contributed by atoms with Crippen molar-refractivity contribution in [3.8, 4) is 0 Å². The van der Waals surface area contributed by atoms with Crippen LogP contribution < -0.4 is 5.32 Å². The Bertz CT molecular complexity index is 520. The van der Waals surface area contributed by atoms with E-state index < -0.39 is 10.9 Å². The number of aliphatic carboxylic acids is 1. The van der Waals surface area contributed by atoms with E-state index in [1.807, 2.05) is 0 Å². The molecule has 0 amide bonds. The molecule has 2 rings (SSSR count). The average molecular weight is 329 g/mol. The summed E-state index contributed by atoms with van der Waals surface area (Å²) in [7, 11) is 0. The van der Waals surface area contributed by atoms with Gasteiger partial charge in [-0.05, 0) is 41.3 Å². The lowest BCUT2D eigenvalue weighted by Gasteiger charge is -2.15. The Hall–Kier alpha value is -1.63. The minimum atomic E-state index is -0.757. The minimum absolute atomic E-state index is 0.0206. The van der Waals surface area contributed by atoms with E-state index in [4.69, 9.17) is 5.11 Å². The monoisotopic (exact) mass is 328 g/mol. The van der Waals surface area contributed by atoms with Crippen LogP contribution in [-0.2, 0) is 4.79 Å². The van der Waals surface area contributed by atoms with Crippen molar-refractivity contribution in [1.82, 2.24) is 0 Å². The SMILES string of the molecule is O=C(O)C1CCC(Nc2ccc([N+](=O)[O-])cc2Br)C1. The number of benzene rings is 1. The number of hydrogen-bond acceptors (Lipinski definition) is 4. The van der Waals surface area contributed by atoms with E-state index in [2.05, 4.69) is 21.2 Å². The second-order valence-corrected chi connectivity index (χ2v) is 5.47. The third-order valence-electron chi connectivity index (χ3n) is 3.30. The lowest BCUT2D eigenvalue weighted by Crippen LogP contribution is -2.18. The summed E-state index contributed by atoms with van der Waals surface area (Å²) in [6.45, 7) is 0. The number of halogens is 1. The number of hydrogen-bond donors (Lipinski definition) is 2. The number of nitrogens with zero attached hydrogens (tertiary/aromatic N) is 1. The lowest BCUT2D eigenvalue weighted by molar-refractivity contribution is -0.384. The molecule has 0 aliphatic heterocycles. The summed E-state index contributed by atoms with van der Waals surface area (Å²) in [5.74, 6) is -1.05. The van der Waals surface area contributed by atoms with Crippen LogP contribution in [0.1, 0.15) is 19.3 Å². The van der Waals surface area contributed by atoms with Gasteiger partial charge in [-0.2, -0.15) is 0 Å². The van der Waals surface area contributed by atoms with Gasteiger partial charge in [-0.3, -0.25) is 14.9 Å². The Morgan fingerprint density at radius 1 is 1.47 bits per heavy atom. The molecule has 0 spiro atoms. The number of nitro benzene ring substituents is 1. The Balaban J connectivity index is 2.04. The molecule has 7 heteroatoms. The van der Waals surface area contributed by atoms with Crippen molar-refractivity contribution in [1.29, 1.82) is 0 Å². The Morgan fingerprint density at radius 2 is 2.21 bits per heavy atom. The zero-order valence-electron chi connectivity index (χ0n) is 10.0. The van der Waals surface area contributed by atoms with Gasteiger partial charge in [-0.1, -0.05) is 0 Å². The average Bonchev–Trinajstić information content (AvgIpc) is 2.80. The van der Waals surface area contributed by atoms with Crippen LogP contribution in [-0.4, -0.2) is 22.0 Å². The molecule has 1 saturated carbocycles. The maximum atomic E-state index is 10.9. The number of carboxylic acids is 1. The van der Waals surface area contributed by atoms with Gasteiger partial charge in [0.05, 0.1) is 10.8 Å². The van der Waals surface area contributed by atoms with E-state index in [9.17, 15) is 14.9 Å². The first-order valence-corrected chi connectivity index (χ1v) is 6.70. The number of nitrogens with one attached hydrogen (secondary N) is 1. The highest BCUT2D eigenvalue weighted by molar-refractivity contribution is 9.10. The van der Waals surface area contributed by atoms with Gasteiger partial charge in [0, 0.05) is 28.3 Å². The van der Waals surface area contributed by atoms with E-state index in [1.165, 1.54) is 12.1 Å². The maximum absolute atomic E-state index is 10.9. The van der Waals surface area contributed by atoms with Crippen LogP contribution >= 0.6 is 15.9 Å². The molecule has 1 aliphatic carbocycles. The van der Waals surface area contributed by atoms with Gasteiger partial charge in [0.2, 0.25) is 0 Å². The number of non-ortho nitro benzene ring substituents is 1. The number of anilines is 1. The second kappa shape index (κ2) is 5.56. The summed E-state index contributed by atoms with van der Waals surface area (Å²) in [5.41, 5.74) is 0.772. The number of rotatable bonds is 4.